The molecule has 2 aliphatic carbocycles. The summed E-state index contributed by atoms with van der Waals surface area (Å²) in [5, 5.41) is 0. The third-order valence-electron chi connectivity index (χ3n) is 14.2. The first-order valence-electron chi connectivity index (χ1n) is 24.6. The van der Waals surface area contributed by atoms with Crippen LogP contribution in [0.3, 0.4) is 0 Å². The van der Waals surface area contributed by atoms with Gasteiger partial charge >= 0.3 is 0 Å². The van der Waals surface area contributed by atoms with Gasteiger partial charge in [-0.1, -0.05) is 204 Å². The van der Waals surface area contributed by atoms with Gasteiger partial charge in [-0.2, -0.15) is 0 Å². The molecule has 9 aromatic rings. The van der Waals surface area contributed by atoms with Gasteiger partial charge in [-0.05, 0) is 117 Å². The highest BCUT2D eigenvalue weighted by Crippen LogP contribution is 2.63. The number of pyridine rings is 1. The molecule has 2 heterocycles. The second-order valence-corrected chi connectivity index (χ2v) is 18.5. The zero-order valence-electron chi connectivity index (χ0n) is 38.7. The lowest BCUT2D eigenvalue weighted by Crippen LogP contribution is -2.25. The number of unbranched alkanes of at least 4 members (excludes halogenated alkanes) is 6. The lowest BCUT2D eigenvalue weighted by molar-refractivity contribution is 0.667. The monoisotopic (exact) mass is 868 g/mol. The SMILES string of the molecule is CCCCCCc1ccc(-c2nc(-c3ccc(CCCCCC)cc3)nc(-c3ccc(-c4ccc5c(c4)-c4ccc(-c6ccccc6)cc4C54c5ccccc5-c5ccccc54)nc3)n2)cc1. The molecule has 4 nitrogen and oxygen atoms in total. The highest BCUT2D eigenvalue weighted by Gasteiger charge is 2.51. The predicted octanol–water partition coefficient (Wildman–Crippen LogP) is 16.2. The molecule has 67 heavy (non-hydrogen) atoms. The van der Waals surface area contributed by atoms with Gasteiger partial charge in [0.25, 0.3) is 0 Å². The molecule has 2 aliphatic rings. The maximum atomic E-state index is 5.13. The van der Waals surface area contributed by atoms with Crippen molar-refractivity contribution in [2.24, 2.45) is 0 Å². The van der Waals surface area contributed by atoms with Crippen LogP contribution in [0.2, 0.25) is 0 Å². The Labute approximate surface area is 395 Å². The van der Waals surface area contributed by atoms with Crippen molar-refractivity contribution in [1.29, 1.82) is 0 Å². The van der Waals surface area contributed by atoms with Crippen molar-refractivity contribution in [1.82, 2.24) is 19.9 Å². The smallest absolute Gasteiger partial charge is 0.165 e. The third kappa shape index (κ3) is 7.89. The molecule has 0 atom stereocenters. The molecule has 0 saturated heterocycles. The summed E-state index contributed by atoms with van der Waals surface area (Å²) in [6, 6.07) is 64.6. The lowest BCUT2D eigenvalue weighted by Gasteiger charge is -2.30. The number of aryl methyl sites for hydroxylation is 2. The predicted molar refractivity (Wildman–Crippen MR) is 277 cm³/mol. The zero-order valence-corrected chi connectivity index (χ0v) is 38.7. The van der Waals surface area contributed by atoms with E-state index in [0.29, 0.717) is 17.5 Å². The second kappa shape index (κ2) is 18.5. The van der Waals surface area contributed by atoms with E-state index in [1.54, 1.807) is 0 Å². The van der Waals surface area contributed by atoms with Crippen LogP contribution < -0.4 is 0 Å². The average Bonchev–Trinajstić information content (AvgIpc) is 3.86. The minimum atomic E-state index is -0.434. The first-order valence-corrected chi connectivity index (χ1v) is 24.6. The molecule has 0 unspecified atom stereocenters. The third-order valence-corrected chi connectivity index (χ3v) is 14.2. The van der Waals surface area contributed by atoms with Crippen molar-refractivity contribution in [3.8, 4) is 78.8 Å². The molecule has 4 heteroatoms. The van der Waals surface area contributed by atoms with Crippen molar-refractivity contribution >= 4 is 0 Å². The highest BCUT2D eigenvalue weighted by molar-refractivity contribution is 5.97. The van der Waals surface area contributed by atoms with Crippen LogP contribution in [0, 0.1) is 0 Å². The van der Waals surface area contributed by atoms with Crippen LogP contribution in [0.1, 0.15) is 98.6 Å². The van der Waals surface area contributed by atoms with Gasteiger partial charge in [0.2, 0.25) is 0 Å². The van der Waals surface area contributed by atoms with E-state index in [2.05, 4.69) is 190 Å². The van der Waals surface area contributed by atoms with Crippen molar-refractivity contribution in [3.05, 3.63) is 216 Å². The van der Waals surface area contributed by atoms with E-state index in [9.17, 15) is 0 Å². The fraction of sp³-hybridized carbons (Fsp3) is 0.206. The molecule has 0 saturated carbocycles. The first kappa shape index (κ1) is 42.3. The number of nitrogens with zero attached hydrogens (tertiary/aromatic N) is 4. The van der Waals surface area contributed by atoms with Gasteiger partial charge < -0.3 is 0 Å². The highest BCUT2D eigenvalue weighted by atomic mass is 15.0. The summed E-state index contributed by atoms with van der Waals surface area (Å²) >= 11 is 0. The van der Waals surface area contributed by atoms with Crippen LogP contribution in [-0.2, 0) is 18.3 Å². The molecule has 0 radical (unpaired) electrons. The maximum absolute atomic E-state index is 5.13. The van der Waals surface area contributed by atoms with Gasteiger partial charge in [0.1, 0.15) is 0 Å². The molecule has 0 aliphatic heterocycles. The Morgan fingerprint density at radius 2 is 0.836 bits per heavy atom. The Morgan fingerprint density at radius 1 is 0.343 bits per heavy atom. The van der Waals surface area contributed by atoms with Crippen molar-refractivity contribution in [2.75, 3.05) is 0 Å². The summed E-state index contributed by atoms with van der Waals surface area (Å²) < 4.78 is 0. The van der Waals surface area contributed by atoms with Gasteiger partial charge in [-0.15, -0.1) is 0 Å². The summed E-state index contributed by atoms with van der Waals surface area (Å²) in [6.45, 7) is 4.52. The molecule has 7 aromatic carbocycles. The molecule has 0 bridgehead atoms. The number of benzene rings is 7. The second-order valence-electron chi connectivity index (χ2n) is 18.5. The van der Waals surface area contributed by atoms with Gasteiger partial charge in [0.05, 0.1) is 11.1 Å². The first-order chi connectivity index (χ1) is 33.1. The van der Waals surface area contributed by atoms with Crippen LogP contribution in [-0.4, -0.2) is 19.9 Å². The molecule has 11 rings (SSSR count). The fourth-order valence-electron chi connectivity index (χ4n) is 10.7. The van der Waals surface area contributed by atoms with Crippen LogP contribution in [0.15, 0.2) is 182 Å². The van der Waals surface area contributed by atoms with E-state index >= 15 is 0 Å². The average molecular weight is 869 g/mol. The number of hydrogen-bond donors (Lipinski definition) is 0. The molecular formula is C63H56N4. The van der Waals surface area contributed by atoms with Gasteiger partial charge in [0, 0.05) is 28.5 Å². The molecule has 0 N–H and O–H groups in total. The van der Waals surface area contributed by atoms with Gasteiger partial charge in [-0.25, -0.2) is 15.0 Å². The van der Waals surface area contributed by atoms with Crippen LogP contribution >= 0.6 is 0 Å². The molecule has 1 spiro atoms. The maximum Gasteiger partial charge on any atom is 0.165 e. The van der Waals surface area contributed by atoms with Gasteiger partial charge in [0.15, 0.2) is 17.5 Å². The molecule has 2 aromatic heterocycles. The van der Waals surface area contributed by atoms with Crippen LogP contribution in [0.25, 0.3) is 78.8 Å². The van der Waals surface area contributed by atoms with Crippen LogP contribution in [0.5, 0.6) is 0 Å². The zero-order chi connectivity index (χ0) is 45.2. The Balaban J connectivity index is 0.961. The fourth-order valence-corrected chi connectivity index (χ4v) is 10.7. The summed E-state index contributed by atoms with van der Waals surface area (Å²) in [5.74, 6) is 1.95. The van der Waals surface area contributed by atoms with Crippen molar-refractivity contribution in [3.63, 3.8) is 0 Å². The van der Waals surface area contributed by atoms with E-state index in [4.69, 9.17) is 19.9 Å². The molecule has 0 fully saturated rings. The molecule has 328 valence electrons. The number of hydrogen-bond acceptors (Lipinski definition) is 4. The van der Waals surface area contributed by atoms with Gasteiger partial charge in [-0.3, -0.25) is 4.98 Å². The van der Waals surface area contributed by atoms with Crippen molar-refractivity contribution in [2.45, 2.75) is 83.5 Å². The minimum Gasteiger partial charge on any atom is -0.255 e. The van der Waals surface area contributed by atoms with Crippen molar-refractivity contribution < 1.29 is 0 Å². The number of aromatic nitrogens is 4. The molecule has 0 amide bonds. The van der Waals surface area contributed by atoms with E-state index in [1.165, 1.54) is 118 Å². The largest absolute Gasteiger partial charge is 0.255 e. The number of fused-ring (bicyclic) bond motifs is 10. The molecular weight excluding hydrogens is 813 g/mol. The lowest BCUT2D eigenvalue weighted by atomic mass is 9.70. The minimum absolute atomic E-state index is 0.434. The Morgan fingerprint density at radius 3 is 1.40 bits per heavy atom. The summed E-state index contributed by atoms with van der Waals surface area (Å²) in [6.07, 6.45) is 14.1. The topological polar surface area (TPSA) is 51.6 Å². The van der Waals surface area contributed by atoms with E-state index < -0.39 is 5.41 Å². The Bertz CT molecular complexity index is 3070. The quantitative estimate of drug-likeness (QED) is 0.0963. The van der Waals surface area contributed by atoms with E-state index in [-0.39, 0.29) is 0 Å². The number of rotatable bonds is 15. The standard InChI is InChI=1S/C63H56N4/c1-3-5-7-10-18-43-26-30-46(31-27-43)60-65-61(47-32-28-44(29-33-47)19-11-8-6-4-2)67-62(66-60)50-36-39-59(64-42-50)49-35-38-57-54(40-49)53-37-34-48(45-20-12-9-13-21-45)41-58(53)63(57)55-24-16-14-22-51(55)52-23-15-17-25-56(52)63/h9,12-17,20-42H,3-8,10-11,18-19H2,1-2H3. The van der Waals surface area contributed by atoms with E-state index in [0.717, 1.165) is 40.8 Å². The van der Waals surface area contributed by atoms with Crippen LogP contribution in [0.4, 0.5) is 0 Å². The van der Waals surface area contributed by atoms with E-state index in [1.807, 2.05) is 6.20 Å². The normalized spacial score (nSPS) is 12.7. The Kier molecular flexibility index (Phi) is 11.7. The Hall–Kier alpha value is -7.30. The summed E-state index contributed by atoms with van der Waals surface area (Å²) in [4.78, 5) is 20.4. The summed E-state index contributed by atoms with van der Waals surface area (Å²) in [7, 11) is 0. The summed E-state index contributed by atoms with van der Waals surface area (Å²) in [5.41, 5.74) is 19.9.